The van der Waals surface area contributed by atoms with E-state index in [1.807, 2.05) is 13.0 Å². The lowest BCUT2D eigenvalue weighted by Gasteiger charge is -2.29. The summed E-state index contributed by atoms with van der Waals surface area (Å²) in [7, 11) is 0. The van der Waals surface area contributed by atoms with Crippen molar-refractivity contribution in [2.75, 3.05) is 12.4 Å². The van der Waals surface area contributed by atoms with Crippen molar-refractivity contribution in [1.82, 2.24) is 5.32 Å². The van der Waals surface area contributed by atoms with Crippen LogP contribution in [0.2, 0.25) is 0 Å². The molecule has 0 fully saturated rings. The molecule has 0 heterocycles. The Morgan fingerprint density at radius 2 is 1.94 bits per heavy atom. The number of alkyl halides is 1. The van der Waals surface area contributed by atoms with Crippen LogP contribution in [0.25, 0.3) is 0 Å². The average molecular weight is 272 g/mol. The summed E-state index contributed by atoms with van der Waals surface area (Å²) < 4.78 is 13.2. The van der Waals surface area contributed by atoms with Crippen molar-refractivity contribution >= 4 is 11.6 Å². The van der Waals surface area contributed by atoms with Gasteiger partial charge in [-0.2, -0.15) is 0 Å². The van der Waals surface area contributed by atoms with Gasteiger partial charge in [-0.05, 0) is 48.4 Å². The zero-order valence-corrected chi connectivity index (χ0v) is 12.3. The highest BCUT2D eigenvalue weighted by Crippen LogP contribution is 2.27. The molecule has 0 aliphatic rings. The Morgan fingerprint density at radius 3 is 2.50 bits per heavy atom. The smallest absolute Gasteiger partial charge is 0.123 e. The minimum Gasteiger partial charge on any atom is -0.312 e. The number of benzene rings is 1. The minimum absolute atomic E-state index is 0.156. The molecule has 0 atom stereocenters. The van der Waals surface area contributed by atoms with E-state index >= 15 is 0 Å². The average Bonchev–Trinajstić information content (AvgIpc) is 2.39. The van der Waals surface area contributed by atoms with Gasteiger partial charge < -0.3 is 5.32 Å². The van der Waals surface area contributed by atoms with E-state index in [4.69, 9.17) is 11.6 Å². The van der Waals surface area contributed by atoms with Crippen molar-refractivity contribution in [2.45, 2.75) is 40.2 Å². The monoisotopic (exact) mass is 271 g/mol. The van der Waals surface area contributed by atoms with Crippen LogP contribution in [0.4, 0.5) is 4.39 Å². The summed E-state index contributed by atoms with van der Waals surface area (Å²) in [5.41, 5.74) is 2.29. The fourth-order valence-corrected chi connectivity index (χ4v) is 2.50. The van der Waals surface area contributed by atoms with Crippen LogP contribution in [-0.2, 0) is 6.54 Å². The highest BCUT2D eigenvalue weighted by atomic mass is 35.5. The highest BCUT2D eigenvalue weighted by molar-refractivity contribution is 6.18. The molecule has 3 heteroatoms. The van der Waals surface area contributed by atoms with E-state index in [9.17, 15) is 4.39 Å². The summed E-state index contributed by atoms with van der Waals surface area (Å²) in [5.74, 6) is 0.488. The quantitative estimate of drug-likeness (QED) is 0.731. The molecule has 0 bridgehead atoms. The van der Waals surface area contributed by atoms with Gasteiger partial charge in [0.2, 0.25) is 0 Å². The Bertz CT molecular complexity index is 366. The van der Waals surface area contributed by atoms with Gasteiger partial charge in [-0.1, -0.05) is 19.9 Å². The van der Waals surface area contributed by atoms with Crippen molar-refractivity contribution in [2.24, 2.45) is 5.41 Å². The lowest BCUT2D eigenvalue weighted by atomic mass is 9.84. The number of rotatable bonds is 7. The normalized spacial score (nSPS) is 11.8. The molecule has 1 N–H and O–H groups in total. The first-order valence-electron chi connectivity index (χ1n) is 6.58. The molecule has 0 saturated heterocycles. The van der Waals surface area contributed by atoms with Gasteiger partial charge in [-0.3, -0.25) is 0 Å². The zero-order valence-electron chi connectivity index (χ0n) is 11.5. The van der Waals surface area contributed by atoms with Crippen LogP contribution >= 0.6 is 11.6 Å². The third-order valence-corrected chi connectivity index (χ3v) is 4.48. The summed E-state index contributed by atoms with van der Waals surface area (Å²) in [4.78, 5) is 0. The molecule has 1 aromatic rings. The molecule has 0 unspecified atom stereocenters. The topological polar surface area (TPSA) is 12.0 Å². The second-order valence-electron chi connectivity index (χ2n) is 5.02. The van der Waals surface area contributed by atoms with E-state index in [1.54, 1.807) is 6.07 Å². The number of nitrogens with one attached hydrogen (secondary N) is 1. The molecule has 0 radical (unpaired) electrons. The summed E-state index contributed by atoms with van der Waals surface area (Å²) in [6.07, 6.45) is 2.12. The van der Waals surface area contributed by atoms with Gasteiger partial charge in [0.25, 0.3) is 0 Å². The maximum atomic E-state index is 13.2. The van der Waals surface area contributed by atoms with Gasteiger partial charge in [0.05, 0.1) is 0 Å². The maximum Gasteiger partial charge on any atom is 0.123 e. The van der Waals surface area contributed by atoms with Crippen molar-refractivity contribution in [3.05, 3.63) is 35.1 Å². The van der Waals surface area contributed by atoms with Crippen molar-refractivity contribution < 1.29 is 4.39 Å². The first-order chi connectivity index (χ1) is 8.56. The Kier molecular flexibility index (Phi) is 6.10. The molecule has 102 valence electrons. The van der Waals surface area contributed by atoms with Crippen LogP contribution in [0.1, 0.15) is 37.8 Å². The van der Waals surface area contributed by atoms with Crippen LogP contribution in [0, 0.1) is 18.2 Å². The van der Waals surface area contributed by atoms with E-state index in [-0.39, 0.29) is 11.2 Å². The second-order valence-corrected chi connectivity index (χ2v) is 5.28. The third-order valence-electron chi connectivity index (χ3n) is 3.91. The summed E-state index contributed by atoms with van der Waals surface area (Å²) in [6.45, 7) is 7.91. The fourth-order valence-electron chi connectivity index (χ4n) is 2.03. The summed E-state index contributed by atoms with van der Waals surface area (Å²) in [6, 6.07) is 4.92. The summed E-state index contributed by atoms with van der Waals surface area (Å²) >= 11 is 6.06. The fraction of sp³-hybridized carbons (Fsp3) is 0.600. The van der Waals surface area contributed by atoms with Crippen LogP contribution in [-0.4, -0.2) is 12.4 Å². The maximum absolute atomic E-state index is 13.2. The highest BCUT2D eigenvalue weighted by Gasteiger charge is 2.24. The Hall–Kier alpha value is -0.600. The molecule has 0 amide bonds. The number of halogens is 2. The third kappa shape index (κ3) is 3.96. The van der Waals surface area contributed by atoms with E-state index in [1.165, 1.54) is 6.07 Å². The first-order valence-corrected chi connectivity index (χ1v) is 7.12. The number of hydrogen-bond donors (Lipinski definition) is 1. The molecule has 0 aliphatic heterocycles. The van der Waals surface area contributed by atoms with Crippen LogP contribution in [0.5, 0.6) is 0 Å². The largest absolute Gasteiger partial charge is 0.312 e. The van der Waals surface area contributed by atoms with Gasteiger partial charge >= 0.3 is 0 Å². The predicted octanol–water partition coefficient (Wildman–Crippen LogP) is 4.27. The lowest BCUT2D eigenvalue weighted by Crippen LogP contribution is -2.34. The van der Waals surface area contributed by atoms with Crippen molar-refractivity contribution in [1.29, 1.82) is 0 Å². The molecule has 18 heavy (non-hydrogen) atoms. The molecule has 0 aliphatic carbocycles. The lowest BCUT2D eigenvalue weighted by molar-refractivity contribution is 0.286. The van der Waals surface area contributed by atoms with E-state index < -0.39 is 0 Å². The Balaban J connectivity index is 2.57. The molecule has 1 rings (SSSR count). The number of aryl methyl sites for hydroxylation is 1. The minimum atomic E-state index is -0.174. The standard InChI is InChI=1S/C15H23ClFN/c1-4-15(5-2,10-16)11-18-9-13-8-14(17)7-6-12(13)3/h6-8,18H,4-5,9-11H2,1-3H3. The molecule has 0 saturated carbocycles. The molecule has 1 nitrogen and oxygen atoms in total. The molecule has 0 spiro atoms. The Morgan fingerprint density at radius 1 is 1.28 bits per heavy atom. The first kappa shape index (κ1) is 15.5. The van der Waals surface area contributed by atoms with Crippen molar-refractivity contribution in [3.63, 3.8) is 0 Å². The van der Waals surface area contributed by atoms with E-state index in [0.29, 0.717) is 12.4 Å². The molecule has 0 aromatic heterocycles. The summed E-state index contributed by atoms with van der Waals surface area (Å²) in [5, 5.41) is 3.41. The van der Waals surface area contributed by atoms with Crippen molar-refractivity contribution in [3.8, 4) is 0 Å². The van der Waals surface area contributed by atoms with Gasteiger partial charge in [0.1, 0.15) is 5.82 Å². The second kappa shape index (κ2) is 7.10. The van der Waals surface area contributed by atoms with Crippen LogP contribution < -0.4 is 5.32 Å². The zero-order chi connectivity index (χ0) is 13.6. The Labute approximate surface area is 115 Å². The molecule has 1 aromatic carbocycles. The predicted molar refractivity (Wildman–Crippen MR) is 76.6 cm³/mol. The molecular weight excluding hydrogens is 249 g/mol. The van der Waals surface area contributed by atoms with Crippen LogP contribution in [0.3, 0.4) is 0 Å². The van der Waals surface area contributed by atoms with E-state index in [2.05, 4.69) is 19.2 Å². The van der Waals surface area contributed by atoms with Gasteiger partial charge in [0.15, 0.2) is 0 Å². The molecular formula is C15H23ClFN. The SMILES string of the molecule is CCC(CC)(CCl)CNCc1cc(F)ccc1C. The van der Waals surface area contributed by atoms with Gasteiger partial charge in [0, 0.05) is 19.0 Å². The van der Waals surface area contributed by atoms with E-state index in [0.717, 1.165) is 30.5 Å². The van der Waals surface area contributed by atoms with Gasteiger partial charge in [-0.25, -0.2) is 4.39 Å². The van der Waals surface area contributed by atoms with Crippen LogP contribution in [0.15, 0.2) is 18.2 Å². The van der Waals surface area contributed by atoms with Gasteiger partial charge in [-0.15, -0.1) is 11.6 Å². The number of hydrogen-bond acceptors (Lipinski definition) is 1.